The number of fused-ring (bicyclic) bond motifs is 1. The summed E-state index contributed by atoms with van der Waals surface area (Å²) in [4.78, 5) is 12.5. The van der Waals surface area contributed by atoms with Gasteiger partial charge in [0, 0.05) is 17.9 Å². The quantitative estimate of drug-likeness (QED) is 0.560. The maximum atomic E-state index is 12.5. The topological polar surface area (TPSA) is 73.6 Å². The summed E-state index contributed by atoms with van der Waals surface area (Å²) >= 11 is 0. The van der Waals surface area contributed by atoms with Gasteiger partial charge in [0.25, 0.3) is 0 Å². The molecule has 1 aliphatic carbocycles. The first-order valence-corrected chi connectivity index (χ1v) is 11.8. The summed E-state index contributed by atoms with van der Waals surface area (Å²) in [5.74, 6) is 3.00. The third-order valence-electron chi connectivity index (χ3n) is 6.75. The number of aromatic nitrogens is 1. The van der Waals surface area contributed by atoms with Crippen molar-refractivity contribution in [3.05, 3.63) is 77.7 Å². The van der Waals surface area contributed by atoms with Gasteiger partial charge in [-0.15, -0.1) is 0 Å². The van der Waals surface area contributed by atoms with E-state index in [1.165, 1.54) is 11.1 Å². The first kappa shape index (κ1) is 21.6. The van der Waals surface area contributed by atoms with E-state index in [-0.39, 0.29) is 24.0 Å². The Morgan fingerprint density at radius 3 is 2.67 bits per heavy atom. The van der Waals surface area contributed by atoms with Crippen LogP contribution in [0.25, 0.3) is 0 Å². The van der Waals surface area contributed by atoms with Crippen molar-refractivity contribution in [2.75, 3.05) is 0 Å². The molecule has 1 fully saturated rings. The van der Waals surface area contributed by atoms with E-state index in [9.17, 15) is 4.79 Å². The molecule has 1 amide bonds. The third-order valence-corrected chi connectivity index (χ3v) is 6.75. The minimum atomic E-state index is 0.0282. The van der Waals surface area contributed by atoms with E-state index in [2.05, 4.69) is 47.7 Å². The fraction of sp³-hybridized carbons (Fsp3) is 0.407. The average Bonchev–Trinajstić information content (AvgIpc) is 3.37. The van der Waals surface area contributed by atoms with Crippen LogP contribution >= 0.6 is 0 Å². The monoisotopic (exact) mass is 446 g/mol. The molecule has 6 heteroatoms. The van der Waals surface area contributed by atoms with E-state index < -0.39 is 0 Å². The second-order valence-electron chi connectivity index (χ2n) is 9.19. The predicted octanol–water partition coefficient (Wildman–Crippen LogP) is 5.24. The predicted molar refractivity (Wildman–Crippen MR) is 124 cm³/mol. The smallest absolute Gasteiger partial charge is 0.223 e. The van der Waals surface area contributed by atoms with Crippen LogP contribution in [0.15, 0.2) is 65.3 Å². The van der Waals surface area contributed by atoms with Crippen LogP contribution in [-0.4, -0.2) is 17.2 Å². The van der Waals surface area contributed by atoms with E-state index in [0.717, 1.165) is 43.6 Å². The number of amides is 1. The number of benzene rings is 2. The lowest BCUT2D eigenvalue weighted by atomic mass is 9.86. The maximum Gasteiger partial charge on any atom is 0.223 e. The Morgan fingerprint density at radius 2 is 1.91 bits per heavy atom. The molecule has 0 saturated heterocycles. The van der Waals surface area contributed by atoms with Crippen LogP contribution in [-0.2, 0) is 17.8 Å². The molecule has 0 bridgehead atoms. The van der Waals surface area contributed by atoms with Gasteiger partial charge < -0.3 is 19.3 Å². The summed E-state index contributed by atoms with van der Waals surface area (Å²) in [6, 6.07) is 18.4. The van der Waals surface area contributed by atoms with Gasteiger partial charge in [-0.05, 0) is 61.4 Å². The molecule has 2 unspecified atom stereocenters. The fourth-order valence-electron chi connectivity index (χ4n) is 4.94. The molecule has 1 saturated carbocycles. The lowest BCUT2D eigenvalue weighted by Gasteiger charge is -2.33. The highest BCUT2D eigenvalue weighted by Crippen LogP contribution is 2.40. The molecule has 0 radical (unpaired) electrons. The zero-order valence-corrected chi connectivity index (χ0v) is 18.9. The molecule has 1 aromatic heterocycles. The zero-order valence-electron chi connectivity index (χ0n) is 18.9. The Bertz CT molecular complexity index is 1060. The molecule has 0 spiro atoms. The van der Waals surface area contributed by atoms with Gasteiger partial charge in [-0.2, -0.15) is 0 Å². The van der Waals surface area contributed by atoms with Crippen LogP contribution in [0.2, 0.25) is 0 Å². The molecule has 5 rings (SSSR count). The molecule has 1 aliphatic heterocycles. The Balaban J connectivity index is 1.14. The molecular formula is C27H30N2O4. The number of ether oxygens (including phenoxy) is 2. The molecule has 172 valence electrons. The number of hydrogen-bond donors (Lipinski definition) is 1. The Morgan fingerprint density at radius 1 is 1.09 bits per heavy atom. The van der Waals surface area contributed by atoms with E-state index in [1.54, 1.807) is 12.3 Å². The minimum absolute atomic E-state index is 0.0282. The number of carbonyl (C=O) groups excluding carboxylic acids is 1. The maximum absolute atomic E-state index is 12.5. The average molecular weight is 447 g/mol. The number of hydrogen-bond acceptors (Lipinski definition) is 5. The minimum Gasteiger partial charge on any atom is -0.490 e. The van der Waals surface area contributed by atoms with Gasteiger partial charge in [-0.25, -0.2) is 0 Å². The first-order chi connectivity index (χ1) is 16.2. The van der Waals surface area contributed by atoms with E-state index in [4.69, 9.17) is 14.0 Å². The first-order valence-electron chi connectivity index (χ1n) is 11.8. The van der Waals surface area contributed by atoms with Crippen LogP contribution in [0, 0.1) is 11.8 Å². The van der Waals surface area contributed by atoms with Crippen LogP contribution in [0.4, 0.5) is 0 Å². The lowest BCUT2D eigenvalue weighted by Crippen LogP contribution is -2.35. The van der Waals surface area contributed by atoms with Gasteiger partial charge in [-0.1, -0.05) is 42.4 Å². The van der Waals surface area contributed by atoms with E-state index in [0.29, 0.717) is 18.2 Å². The summed E-state index contributed by atoms with van der Waals surface area (Å²) < 4.78 is 17.7. The second-order valence-corrected chi connectivity index (χ2v) is 9.19. The second kappa shape index (κ2) is 9.69. The highest BCUT2D eigenvalue weighted by Gasteiger charge is 2.30. The molecule has 2 aliphatic rings. The molecule has 2 atom stereocenters. The van der Waals surface area contributed by atoms with Crippen LogP contribution in [0.1, 0.15) is 55.6 Å². The molecule has 2 heterocycles. The van der Waals surface area contributed by atoms with Crippen molar-refractivity contribution in [3.63, 3.8) is 0 Å². The zero-order chi connectivity index (χ0) is 22.6. The highest BCUT2D eigenvalue weighted by atomic mass is 16.5. The summed E-state index contributed by atoms with van der Waals surface area (Å²) in [6.45, 7) is 2.62. The number of nitrogens with zero attached hydrogens (tertiary/aromatic N) is 1. The summed E-state index contributed by atoms with van der Waals surface area (Å²) in [7, 11) is 0. The van der Waals surface area contributed by atoms with E-state index in [1.807, 2.05) is 18.2 Å². The van der Waals surface area contributed by atoms with Crippen LogP contribution in [0.3, 0.4) is 0 Å². The fourth-order valence-corrected chi connectivity index (χ4v) is 4.94. The summed E-state index contributed by atoms with van der Waals surface area (Å²) in [5, 5.41) is 6.61. The SMILES string of the molecule is CC1Cc2cc(OC3CCC(C(=O)NCc4ccno4)CC3)ccc2OC1c1ccccc1. The van der Waals surface area contributed by atoms with Gasteiger partial charge in [0.05, 0.1) is 18.8 Å². The van der Waals surface area contributed by atoms with Crippen molar-refractivity contribution >= 4 is 5.91 Å². The van der Waals surface area contributed by atoms with Crippen molar-refractivity contribution < 1.29 is 18.8 Å². The van der Waals surface area contributed by atoms with Crippen LogP contribution < -0.4 is 14.8 Å². The van der Waals surface area contributed by atoms with Gasteiger partial charge in [0.1, 0.15) is 17.6 Å². The summed E-state index contributed by atoms with van der Waals surface area (Å²) in [5.41, 5.74) is 2.42. The van der Waals surface area contributed by atoms with Crippen molar-refractivity contribution in [2.24, 2.45) is 11.8 Å². The van der Waals surface area contributed by atoms with Gasteiger partial charge in [0.15, 0.2) is 5.76 Å². The number of rotatable bonds is 6. The van der Waals surface area contributed by atoms with Gasteiger partial charge in [-0.3, -0.25) is 4.79 Å². The van der Waals surface area contributed by atoms with Crippen LogP contribution in [0.5, 0.6) is 11.5 Å². The molecule has 2 aromatic carbocycles. The van der Waals surface area contributed by atoms with E-state index >= 15 is 0 Å². The van der Waals surface area contributed by atoms with Gasteiger partial charge in [0.2, 0.25) is 5.91 Å². The number of nitrogens with one attached hydrogen (secondary N) is 1. The Labute approximate surface area is 194 Å². The normalized spacial score (nSPS) is 24.4. The Hall–Kier alpha value is -3.28. The highest BCUT2D eigenvalue weighted by molar-refractivity contribution is 5.78. The molecule has 1 N–H and O–H groups in total. The van der Waals surface area contributed by atoms with Gasteiger partial charge >= 0.3 is 0 Å². The number of carbonyl (C=O) groups is 1. The van der Waals surface area contributed by atoms with Crippen molar-refractivity contribution in [2.45, 2.75) is 57.8 Å². The standard InChI is InChI=1S/C27H30N2O4/c1-18-15-21-16-23(11-12-25(21)32-26(18)19-5-3-2-4-6-19)31-22-9-7-20(8-10-22)27(30)28-17-24-13-14-29-33-24/h2-6,11-14,16,18,20,22,26H,7-10,15,17H2,1H3,(H,28,30). The molecule has 6 nitrogen and oxygen atoms in total. The van der Waals surface area contributed by atoms with Crippen molar-refractivity contribution in [1.82, 2.24) is 10.5 Å². The summed E-state index contributed by atoms with van der Waals surface area (Å²) in [6.07, 6.45) is 6.17. The third kappa shape index (κ3) is 5.05. The molecular weight excluding hydrogens is 416 g/mol. The molecule has 3 aromatic rings. The largest absolute Gasteiger partial charge is 0.490 e. The van der Waals surface area contributed by atoms with Crippen molar-refractivity contribution in [3.8, 4) is 11.5 Å². The van der Waals surface area contributed by atoms with Crippen molar-refractivity contribution in [1.29, 1.82) is 0 Å². The molecule has 33 heavy (non-hydrogen) atoms. The lowest BCUT2D eigenvalue weighted by molar-refractivity contribution is -0.126. The Kier molecular flexibility index (Phi) is 6.33.